The Labute approximate surface area is 113 Å². The summed E-state index contributed by atoms with van der Waals surface area (Å²) in [5, 5.41) is 11.8. The number of nitrogens with one attached hydrogen (secondary N) is 2. The first-order valence-corrected chi connectivity index (χ1v) is 7.28. The van der Waals surface area contributed by atoms with E-state index in [0.717, 1.165) is 12.2 Å². The zero-order chi connectivity index (χ0) is 14.5. The van der Waals surface area contributed by atoms with Gasteiger partial charge >= 0.3 is 10.3 Å². The molecule has 0 aliphatic rings. The maximum absolute atomic E-state index is 10.8. The standard InChI is InChI=1S/C11H19N3O4S/c1-3-14(6-7-15)9-4-5-10(11(8-9)12-2)13-19(16,17)18/h4-5,8,12-13,15H,3,6-7H2,1-2H3,(H,16,17,18). The van der Waals surface area contributed by atoms with Crippen molar-refractivity contribution < 1.29 is 18.1 Å². The fourth-order valence-electron chi connectivity index (χ4n) is 1.75. The fourth-order valence-corrected chi connectivity index (χ4v) is 2.21. The number of aliphatic hydroxyl groups is 1. The number of rotatable bonds is 7. The topological polar surface area (TPSA) is 102 Å². The van der Waals surface area contributed by atoms with E-state index in [2.05, 4.69) is 5.32 Å². The van der Waals surface area contributed by atoms with Gasteiger partial charge in [0.05, 0.1) is 18.0 Å². The molecular weight excluding hydrogens is 270 g/mol. The minimum Gasteiger partial charge on any atom is -0.395 e. The molecule has 0 aliphatic heterocycles. The maximum Gasteiger partial charge on any atom is 0.357 e. The molecule has 19 heavy (non-hydrogen) atoms. The molecule has 1 rings (SSSR count). The summed E-state index contributed by atoms with van der Waals surface area (Å²) in [7, 11) is -2.65. The average Bonchev–Trinajstić information content (AvgIpc) is 2.35. The molecule has 0 aromatic heterocycles. The molecule has 0 amide bonds. The second-order valence-electron chi connectivity index (χ2n) is 3.86. The van der Waals surface area contributed by atoms with E-state index in [1.165, 1.54) is 0 Å². The lowest BCUT2D eigenvalue weighted by molar-refractivity contribution is 0.302. The van der Waals surface area contributed by atoms with Crippen LogP contribution in [0, 0.1) is 0 Å². The van der Waals surface area contributed by atoms with Crippen molar-refractivity contribution in [1.29, 1.82) is 0 Å². The highest BCUT2D eigenvalue weighted by molar-refractivity contribution is 7.87. The van der Waals surface area contributed by atoms with Crippen molar-refractivity contribution in [1.82, 2.24) is 0 Å². The van der Waals surface area contributed by atoms with E-state index in [-0.39, 0.29) is 12.3 Å². The third kappa shape index (κ3) is 4.58. The largest absolute Gasteiger partial charge is 0.395 e. The second-order valence-corrected chi connectivity index (χ2v) is 5.01. The number of hydrogen-bond acceptors (Lipinski definition) is 5. The lowest BCUT2D eigenvalue weighted by Crippen LogP contribution is -2.26. The van der Waals surface area contributed by atoms with Gasteiger partial charge in [0.25, 0.3) is 0 Å². The van der Waals surface area contributed by atoms with Crippen LogP contribution in [0.3, 0.4) is 0 Å². The summed E-state index contributed by atoms with van der Waals surface area (Å²) in [6.07, 6.45) is 0. The van der Waals surface area contributed by atoms with E-state index in [9.17, 15) is 8.42 Å². The molecule has 0 heterocycles. The molecule has 7 nitrogen and oxygen atoms in total. The molecule has 0 atom stereocenters. The van der Waals surface area contributed by atoms with Crippen LogP contribution < -0.4 is 14.9 Å². The van der Waals surface area contributed by atoms with Gasteiger partial charge in [-0.3, -0.25) is 9.27 Å². The number of aliphatic hydroxyl groups excluding tert-OH is 1. The highest BCUT2D eigenvalue weighted by atomic mass is 32.2. The lowest BCUT2D eigenvalue weighted by Gasteiger charge is -2.23. The molecule has 1 aromatic carbocycles. The van der Waals surface area contributed by atoms with Gasteiger partial charge in [0, 0.05) is 25.8 Å². The van der Waals surface area contributed by atoms with Gasteiger partial charge in [-0.1, -0.05) is 0 Å². The van der Waals surface area contributed by atoms with Crippen LogP contribution in [0.1, 0.15) is 6.92 Å². The fraction of sp³-hybridized carbons (Fsp3) is 0.455. The first kappa shape index (κ1) is 15.5. The van der Waals surface area contributed by atoms with Crippen molar-refractivity contribution in [3.05, 3.63) is 18.2 Å². The molecule has 0 radical (unpaired) electrons. The predicted molar refractivity (Wildman–Crippen MR) is 76.1 cm³/mol. The molecule has 108 valence electrons. The predicted octanol–water partition coefficient (Wildman–Crippen LogP) is 0.762. The van der Waals surface area contributed by atoms with Gasteiger partial charge in [0.1, 0.15) is 0 Å². The zero-order valence-electron chi connectivity index (χ0n) is 10.9. The summed E-state index contributed by atoms with van der Waals surface area (Å²) >= 11 is 0. The highest BCUT2D eigenvalue weighted by Gasteiger charge is 2.11. The number of anilines is 3. The van der Waals surface area contributed by atoms with E-state index in [1.54, 1.807) is 25.2 Å². The van der Waals surface area contributed by atoms with Crippen LogP contribution in [0.5, 0.6) is 0 Å². The molecule has 0 aliphatic carbocycles. The van der Waals surface area contributed by atoms with Crippen LogP contribution >= 0.6 is 0 Å². The molecule has 0 saturated heterocycles. The van der Waals surface area contributed by atoms with Crippen LogP contribution in [0.4, 0.5) is 17.1 Å². The van der Waals surface area contributed by atoms with E-state index in [1.807, 2.05) is 16.5 Å². The van der Waals surface area contributed by atoms with Crippen LogP contribution in [-0.4, -0.2) is 44.8 Å². The van der Waals surface area contributed by atoms with Crippen molar-refractivity contribution in [2.24, 2.45) is 0 Å². The van der Waals surface area contributed by atoms with Gasteiger partial charge < -0.3 is 15.3 Å². The highest BCUT2D eigenvalue weighted by Crippen LogP contribution is 2.28. The SMILES string of the molecule is CCN(CCO)c1ccc(NS(=O)(=O)O)c(NC)c1. The number of nitrogens with zero attached hydrogens (tertiary/aromatic N) is 1. The van der Waals surface area contributed by atoms with E-state index in [0.29, 0.717) is 12.2 Å². The van der Waals surface area contributed by atoms with Crippen molar-refractivity contribution in [3.8, 4) is 0 Å². The smallest absolute Gasteiger partial charge is 0.357 e. The minimum atomic E-state index is -4.30. The molecule has 1 aromatic rings. The van der Waals surface area contributed by atoms with Gasteiger partial charge in [0.2, 0.25) is 0 Å². The Kier molecular flexibility index (Phi) is 5.40. The van der Waals surface area contributed by atoms with E-state index in [4.69, 9.17) is 9.66 Å². The summed E-state index contributed by atoms with van der Waals surface area (Å²) < 4.78 is 32.4. The summed E-state index contributed by atoms with van der Waals surface area (Å²) in [6, 6.07) is 5.01. The van der Waals surface area contributed by atoms with Gasteiger partial charge in [-0.05, 0) is 25.1 Å². The minimum absolute atomic E-state index is 0.0355. The Balaban J connectivity index is 3.07. The molecule has 0 saturated carbocycles. The van der Waals surface area contributed by atoms with Crippen molar-refractivity contribution in [2.75, 3.05) is 41.7 Å². The Bertz CT molecular complexity index is 519. The first-order valence-electron chi connectivity index (χ1n) is 5.84. The number of hydrogen-bond donors (Lipinski definition) is 4. The van der Waals surface area contributed by atoms with E-state index < -0.39 is 10.3 Å². The van der Waals surface area contributed by atoms with Crippen LogP contribution in [0.25, 0.3) is 0 Å². The third-order valence-electron chi connectivity index (χ3n) is 2.63. The maximum atomic E-state index is 10.8. The van der Waals surface area contributed by atoms with Crippen molar-refractivity contribution in [2.45, 2.75) is 6.92 Å². The summed E-state index contributed by atoms with van der Waals surface area (Å²) in [4.78, 5) is 1.94. The van der Waals surface area contributed by atoms with Gasteiger partial charge in [-0.25, -0.2) is 0 Å². The molecule has 4 N–H and O–H groups in total. The van der Waals surface area contributed by atoms with E-state index >= 15 is 0 Å². The van der Waals surface area contributed by atoms with Crippen molar-refractivity contribution >= 4 is 27.4 Å². The first-order chi connectivity index (χ1) is 8.91. The third-order valence-corrected chi connectivity index (χ3v) is 3.11. The lowest BCUT2D eigenvalue weighted by atomic mass is 10.2. The molecule has 0 fully saturated rings. The second kappa shape index (κ2) is 6.60. The Morgan fingerprint density at radius 1 is 1.32 bits per heavy atom. The normalized spacial score (nSPS) is 11.2. The summed E-state index contributed by atoms with van der Waals surface area (Å²) in [5.74, 6) is 0. The molecule has 8 heteroatoms. The van der Waals surface area contributed by atoms with Gasteiger partial charge in [0.15, 0.2) is 0 Å². The van der Waals surface area contributed by atoms with Crippen LogP contribution in [0.2, 0.25) is 0 Å². The Morgan fingerprint density at radius 2 is 2.00 bits per heavy atom. The molecule has 0 unspecified atom stereocenters. The molecular formula is C11H19N3O4S. The number of likely N-dealkylation sites (N-methyl/N-ethyl adjacent to an activating group) is 1. The van der Waals surface area contributed by atoms with Crippen LogP contribution in [-0.2, 0) is 10.3 Å². The average molecular weight is 289 g/mol. The van der Waals surface area contributed by atoms with Gasteiger partial charge in [-0.15, -0.1) is 0 Å². The van der Waals surface area contributed by atoms with Crippen molar-refractivity contribution in [3.63, 3.8) is 0 Å². The Hall–Kier alpha value is -1.51. The Morgan fingerprint density at radius 3 is 2.47 bits per heavy atom. The molecule has 0 bridgehead atoms. The molecule has 0 spiro atoms. The zero-order valence-corrected chi connectivity index (χ0v) is 11.7. The van der Waals surface area contributed by atoms with Gasteiger partial charge in [-0.2, -0.15) is 8.42 Å². The monoisotopic (exact) mass is 289 g/mol. The summed E-state index contributed by atoms with van der Waals surface area (Å²) in [5.41, 5.74) is 1.64. The summed E-state index contributed by atoms with van der Waals surface area (Å²) in [6.45, 7) is 3.20. The number of benzene rings is 1. The van der Waals surface area contributed by atoms with Crippen LogP contribution in [0.15, 0.2) is 18.2 Å². The quantitative estimate of drug-likeness (QED) is 0.553.